The molecular weight excluding hydrogens is 479 g/mol. The molecule has 3 atom stereocenters. The highest BCUT2D eigenvalue weighted by Crippen LogP contribution is 2.58. The molecule has 0 saturated carbocycles. The molecule has 4 aliphatic carbocycles. The number of allylic oxidation sites excluding steroid dienone is 1. The van der Waals surface area contributed by atoms with E-state index in [-0.39, 0.29) is 11.8 Å². The maximum atomic E-state index is 13.5. The number of hydrogen-bond acceptors (Lipinski definition) is 3. The van der Waals surface area contributed by atoms with Crippen molar-refractivity contribution in [3.05, 3.63) is 80.4 Å². The van der Waals surface area contributed by atoms with Crippen molar-refractivity contribution in [3.8, 4) is 0 Å². The number of ether oxygens (including phenoxy) is 1. The minimum absolute atomic E-state index is 0.297. The average molecular weight is 500 g/mol. The molecule has 2 aromatic rings. The van der Waals surface area contributed by atoms with E-state index in [4.69, 9.17) is 4.74 Å². The molecule has 0 heterocycles. The van der Waals surface area contributed by atoms with Gasteiger partial charge in [-0.05, 0) is 74.3 Å². The lowest BCUT2D eigenvalue weighted by Crippen LogP contribution is -2.48. The lowest BCUT2D eigenvalue weighted by molar-refractivity contribution is -0.168. The van der Waals surface area contributed by atoms with Gasteiger partial charge >= 0.3 is 11.9 Å². The van der Waals surface area contributed by atoms with Crippen molar-refractivity contribution in [3.63, 3.8) is 0 Å². The molecule has 0 aromatic heterocycles. The SMILES string of the molecule is CC1(OC(=O)C2C3c4ccccc4C(c4ccccc43)C2C(=O)O)C=C(I)CC1. The second kappa shape index (κ2) is 6.69. The number of carboxylic acid groups (broad SMARTS) is 1. The van der Waals surface area contributed by atoms with Gasteiger partial charge in [0.1, 0.15) is 5.60 Å². The van der Waals surface area contributed by atoms with E-state index in [0.717, 1.165) is 35.1 Å². The second-order valence-corrected chi connectivity index (χ2v) is 9.81. The predicted molar refractivity (Wildman–Crippen MR) is 117 cm³/mol. The van der Waals surface area contributed by atoms with Gasteiger partial charge in [-0.3, -0.25) is 9.59 Å². The summed E-state index contributed by atoms with van der Waals surface area (Å²) in [6, 6.07) is 15.9. The van der Waals surface area contributed by atoms with Crippen molar-refractivity contribution in [2.24, 2.45) is 11.8 Å². The van der Waals surface area contributed by atoms with Crippen molar-refractivity contribution in [1.29, 1.82) is 0 Å². The predicted octanol–water partition coefficient (Wildman–Crippen LogP) is 5.01. The van der Waals surface area contributed by atoms with Gasteiger partial charge in [0.2, 0.25) is 0 Å². The van der Waals surface area contributed by atoms with Gasteiger partial charge in [0.15, 0.2) is 0 Å². The van der Waals surface area contributed by atoms with Gasteiger partial charge < -0.3 is 9.84 Å². The van der Waals surface area contributed by atoms with Crippen LogP contribution in [0.15, 0.2) is 58.2 Å². The zero-order chi connectivity index (χ0) is 20.3. The maximum Gasteiger partial charge on any atom is 0.311 e. The molecule has 4 nitrogen and oxygen atoms in total. The largest absolute Gasteiger partial charge is 0.481 e. The van der Waals surface area contributed by atoms with Gasteiger partial charge in [0.05, 0.1) is 11.8 Å². The van der Waals surface area contributed by atoms with E-state index < -0.39 is 29.4 Å². The van der Waals surface area contributed by atoms with Crippen molar-refractivity contribution in [1.82, 2.24) is 0 Å². The van der Waals surface area contributed by atoms with Crippen LogP contribution in [0.1, 0.15) is 53.9 Å². The molecule has 148 valence electrons. The molecule has 0 aliphatic heterocycles. The van der Waals surface area contributed by atoms with E-state index in [2.05, 4.69) is 22.6 Å². The summed E-state index contributed by atoms with van der Waals surface area (Å²) in [4.78, 5) is 25.9. The Labute approximate surface area is 183 Å². The average Bonchev–Trinajstić information content (AvgIpc) is 3.05. The highest BCUT2D eigenvalue weighted by atomic mass is 127. The number of rotatable bonds is 3. The fourth-order valence-electron chi connectivity index (χ4n) is 5.48. The third-order valence-corrected chi connectivity index (χ3v) is 7.50. The molecule has 0 saturated heterocycles. The lowest BCUT2D eigenvalue weighted by atomic mass is 9.54. The van der Waals surface area contributed by atoms with Crippen molar-refractivity contribution in [2.75, 3.05) is 0 Å². The number of carbonyl (C=O) groups excluding carboxylic acids is 1. The molecule has 29 heavy (non-hydrogen) atoms. The number of aliphatic carboxylic acids is 1. The van der Waals surface area contributed by atoms with Crippen LogP contribution in [0.25, 0.3) is 0 Å². The highest BCUT2D eigenvalue weighted by Gasteiger charge is 2.56. The molecule has 4 aliphatic rings. The second-order valence-electron chi connectivity index (χ2n) is 8.43. The normalized spacial score (nSPS) is 31.6. The van der Waals surface area contributed by atoms with Gasteiger partial charge in [-0.2, -0.15) is 0 Å². The highest BCUT2D eigenvalue weighted by molar-refractivity contribution is 14.1. The summed E-state index contributed by atoms with van der Waals surface area (Å²) in [5.74, 6) is -3.53. The number of carboxylic acids is 1. The van der Waals surface area contributed by atoms with Crippen LogP contribution in [0.4, 0.5) is 0 Å². The molecule has 2 aromatic carbocycles. The van der Waals surface area contributed by atoms with Gasteiger partial charge in [-0.25, -0.2) is 0 Å². The Kier molecular flexibility index (Phi) is 4.35. The van der Waals surface area contributed by atoms with E-state index >= 15 is 0 Å². The summed E-state index contributed by atoms with van der Waals surface area (Å²) in [5.41, 5.74) is 3.49. The molecule has 1 N–H and O–H groups in total. The first kappa shape index (κ1) is 18.9. The summed E-state index contributed by atoms with van der Waals surface area (Å²) < 4.78 is 7.16. The quantitative estimate of drug-likeness (QED) is 0.476. The van der Waals surface area contributed by atoms with Gasteiger partial charge in [0, 0.05) is 11.8 Å². The van der Waals surface area contributed by atoms with Crippen LogP contribution in [-0.4, -0.2) is 22.6 Å². The number of halogens is 1. The molecule has 6 rings (SSSR count). The Hall–Kier alpha value is -2.15. The third-order valence-electron chi connectivity index (χ3n) is 6.65. The molecule has 5 heteroatoms. The minimum atomic E-state index is -0.937. The number of esters is 1. The van der Waals surface area contributed by atoms with E-state index in [1.807, 2.05) is 61.5 Å². The third kappa shape index (κ3) is 2.85. The minimum Gasteiger partial charge on any atom is -0.481 e. The maximum absolute atomic E-state index is 13.5. The number of hydrogen-bond donors (Lipinski definition) is 1. The van der Waals surface area contributed by atoms with E-state index in [1.54, 1.807) is 0 Å². The van der Waals surface area contributed by atoms with Gasteiger partial charge in [-0.15, -0.1) is 0 Å². The first-order chi connectivity index (χ1) is 13.9. The van der Waals surface area contributed by atoms with Crippen molar-refractivity contribution in [2.45, 2.75) is 37.2 Å². The topological polar surface area (TPSA) is 63.6 Å². The first-order valence-corrected chi connectivity index (χ1v) is 11.0. The molecule has 2 bridgehead atoms. The molecule has 3 unspecified atom stereocenters. The molecule has 0 radical (unpaired) electrons. The van der Waals surface area contributed by atoms with E-state index in [0.29, 0.717) is 0 Å². The Morgan fingerprint density at radius 1 is 0.966 bits per heavy atom. The Balaban J connectivity index is 1.64. The molecule has 0 amide bonds. The Morgan fingerprint density at radius 3 is 1.86 bits per heavy atom. The smallest absolute Gasteiger partial charge is 0.311 e. The van der Waals surface area contributed by atoms with Crippen molar-refractivity contribution < 1.29 is 19.4 Å². The molecule has 0 spiro atoms. The first-order valence-electron chi connectivity index (χ1n) is 9.90. The van der Waals surface area contributed by atoms with Crippen LogP contribution < -0.4 is 0 Å². The fourth-order valence-corrected chi connectivity index (χ4v) is 6.41. The Bertz CT molecular complexity index is 1010. The van der Waals surface area contributed by atoms with Crippen molar-refractivity contribution >= 4 is 34.5 Å². The van der Waals surface area contributed by atoms with Crippen LogP contribution in [-0.2, 0) is 14.3 Å². The summed E-state index contributed by atoms with van der Waals surface area (Å²) >= 11 is 2.27. The van der Waals surface area contributed by atoms with E-state index in [9.17, 15) is 14.7 Å². The molecular formula is C24H21IO4. The zero-order valence-corrected chi connectivity index (χ0v) is 18.1. The summed E-state index contributed by atoms with van der Waals surface area (Å²) in [5, 5.41) is 10.2. The zero-order valence-electron chi connectivity index (χ0n) is 16.0. The van der Waals surface area contributed by atoms with E-state index in [1.165, 1.54) is 3.58 Å². The van der Waals surface area contributed by atoms with Crippen LogP contribution in [0.5, 0.6) is 0 Å². The summed E-state index contributed by atoms with van der Waals surface area (Å²) in [6.07, 6.45) is 3.61. The Morgan fingerprint density at radius 2 is 1.45 bits per heavy atom. The van der Waals surface area contributed by atoms with Crippen LogP contribution in [0.3, 0.4) is 0 Å². The number of carbonyl (C=O) groups is 2. The summed E-state index contributed by atoms with van der Waals surface area (Å²) in [7, 11) is 0. The number of benzene rings is 2. The van der Waals surface area contributed by atoms with Gasteiger partial charge in [-0.1, -0.05) is 48.5 Å². The molecule has 0 fully saturated rings. The fraction of sp³-hybridized carbons (Fsp3) is 0.333. The standard InChI is InChI=1S/C24H21IO4/c1-24(11-10-13(25)12-24)29-23(28)21-19-16-8-4-2-6-14(16)18(20(21)22(26)27)15-7-3-5-9-17(15)19/h2-9,12,18-21H,10-11H2,1H3,(H,26,27). The van der Waals surface area contributed by atoms with Crippen LogP contribution in [0, 0.1) is 11.8 Å². The van der Waals surface area contributed by atoms with Crippen LogP contribution in [0.2, 0.25) is 0 Å². The lowest BCUT2D eigenvalue weighted by Gasteiger charge is -2.48. The number of fused-ring (bicyclic) bond motifs is 1. The monoisotopic (exact) mass is 500 g/mol. The van der Waals surface area contributed by atoms with Gasteiger partial charge in [0.25, 0.3) is 0 Å². The summed E-state index contributed by atoms with van der Waals surface area (Å²) in [6.45, 7) is 1.91. The van der Waals surface area contributed by atoms with Crippen LogP contribution >= 0.6 is 22.6 Å².